The Bertz CT molecular complexity index is 815. The highest BCUT2D eigenvalue weighted by Crippen LogP contribution is 2.35. The molecular weight excluding hydrogens is 401 g/mol. The Morgan fingerprint density at radius 2 is 1.58 bits per heavy atom. The van der Waals surface area contributed by atoms with Gasteiger partial charge in [-0.2, -0.15) is 0 Å². The van der Waals surface area contributed by atoms with Crippen LogP contribution in [0.25, 0.3) is 0 Å². The smallest absolute Gasteiger partial charge is 0.409 e. The Hall–Kier alpha value is -2.48. The maximum Gasteiger partial charge on any atom is 0.409 e. The Balaban J connectivity index is 1.29. The fourth-order valence-electron chi connectivity index (χ4n) is 5.23. The first-order valence-electron chi connectivity index (χ1n) is 11.3. The van der Waals surface area contributed by atoms with E-state index >= 15 is 0 Å². The van der Waals surface area contributed by atoms with Gasteiger partial charge in [-0.1, -0.05) is 0 Å². The van der Waals surface area contributed by atoms with Gasteiger partial charge in [0.05, 0.1) is 24.8 Å². The molecule has 0 spiro atoms. The van der Waals surface area contributed by atoms with Gasteiger partial charge in [0.15, 0.2) is 0 Å². The van der Waals surface area contributed by atoms with E-state index in [1.807, 2.05) is 6.92 Å². The van der Waals surface area contributed by atoms with Crippen LogP contribution in [0, 0.1) is 17.7 Å². The van der Waals surface area contributed by atoms with Gasteiger partial charge in [-0.3, -0.25) is 14.5 Å². The molecule has 3 aliphatic rings. The van der Waals surface area contributed by atoms with Crippen LogP contribution >= 0.6 is 0 Å². The van der Waals surface area contributed by atoms with Crippen molar-refractivity contribution in [3.05, 3.63) is 30.1 Å². The monoisotopic (exact) mass is 431 g/mol. The summed E-state index contributed by atoms with van der Waals surface area (Å²) < 4.78 is 18.3. The van der Waals surface area contributed by atoms with Crippen LogP contribution in [0.1, 0.15) is 39.0 Å². The van der Waals surface area contributed by atoms with E-state index in [0.717, 1.165) is 51.9 Å². The minimum atomic E-state index is -0.427. The predicted octanol–water partition coefficient (Wildman–Crippen LogP) is 3.04. The van der Waals surface area contributed by atoms with Crippen LogP contribution in [0.5, 0.6) is 0 Å². The molecule has 1 atom stereocenters. The van der Waals surface area contributed by atoms with Crippen molar-refractivity contribution in [2.75, 3.05) is 37.7 Å². The molecule has 3 amide bonds. The minimum Gasteiger partial charge on any atom is -0.450 e. The molecular formula is C23H30FN3O4. The van der Waals surface area contributed by atoms with E-state index in [-0.39, 0.29) is 24.3 Å². The lowest BCUT2D eigenvalue weighted by atomic mass is 9.78. The molecule has 7 nitrogen and oxygen atoms in total. The number of halogens is 1. The van der Waals surface area contributed by atoms with Crippen LogP contribution in [0.15, 0.2) is 24.3 Å². The summed E-state index contributed by atoms with van der Waals surface area (Å²) in [5, 5.41) is 0. The van der Waals surface area contributed by atoms with Gasteiger partial charge in [0.25, 0.3) is 5.91 Å². The molecule has 1 aromatic rings. The van der Waals surface area contributed by atoms with Gasteiger partial charge in [0.2, 0.25) is 5.91 Å². The molecule has 0 aromatic heterocycles. The molecule has 4 rings (SSSR count). The zero-order chi connectivity index (χ0) is 22.0. The summed E-state index contributed by atoms with van der Waals surface area (Å²) in [4.78, 5) is 42.5. The zero-order valence-corrected chi connectivity index (χ0v) is 18.0. The number of carbonyl (C=O) groups is 3. The molecule has 0 N–H and O–H groups in total. The van der Waals surface area contributed by atoms with Gasteiger partial charge in [0.1, 0.15) is 5.82 Å². The molecule has 0 bridgehead atoms. The largest absolute Gasteiger partial charge is 0.450 e. The first-order chi connectivity index (χ1) is 15.0. The summed E-state index contributed by atoms with van der Waals surface area (Å²) in [6, 6.07) is 5.05. The van der Waals surface area contributed by atoms with Crippen molar-refractivity contribution in [3.8, 4) is 0 Å². The molecule has 0 aliphatic carbocycles. The van der Waals surface area contributed by atoms with Gasteiger partial charge < -0.3 is 9.64 Å². The Morgan fingerprint density at radius 1 is 1.00 bits per heavy atom. The number of benzene rings is 1. The van der Waals surface area contributed by atoms with Crippen molar-refractivity contribution in [2.45, 2.75) is 45.1 Å². The molecule has 0 radical (unpaired) electrons. The number of imide groups is 1. The second-order valence-corrected chi connectivity index (χ2v) is 8.66. The van der Waals surface area contributed by atoms with Gasteiger partial charge >= 0.3 is 6.09 Å². The number of likely N-dealkylation sites (tertiary alicyclic amines) is 2. The third kappa shape index (κ3) is 4.59. The van der Waals surface area contributed by atoms with Crippen molar-refractivity contribution in [1.29, 1.82) is 0 Å². The van der Waals surface area contributed by atoms with Crippen LogP contribution in [-0.4, -0.2) is 66.5 Å². The van der Waals surface area contributed by atoms with E-state index < -0.39 is 11.9 Å². The van der Waals surface area contributed by atoms with Gasteiger partial charge in [0, 0.05) is 13.1 Å². The lowest BCUT2D eigenvalue weighted by Crippen LogP contribution is -2.48. The van der Waals surface area contributed by atoms with Gasteiger partial charge in [-0.15, -0.1) is 0 Å². The number of carbonyl (C=O) groups excluding carboxylic acids is 3. The highest BCUT2D eigenvalue weighted by Gasteiger charge is 2.44. The van der Waals surface area contributed by atoms with E-state index in [1.54, 1.807) is 4.90 Å². The number of amides is 3. The molecule has 3 saturated heterocycles. The summed E-state index contributed by atoms with van der Waals surface area (Å²) in [6.07, 6.45) is 3.94. The summed E-state index contributed by atoms with van der Waals surface area (Å²) in [5.41, 5.74) is 0.433. The topological polar surface area (TPSA) is 70.2 Å². The van der Waals surface area contributed by atoms with Crippen molar-refractivity contribution in [2.24, 2.45) is 11.8 Å². The van der Waals surface area contributed by atoms with E-state index in [4.69, 9.17) is 4.74 Å². The highest BCUT2D eigenvalue weighted by atomic mass is 19.1. The van der Waals surface area contributed by atoms with Crippen LogP contribution < -0.4 is 4.90 Å². The lowest BCUT2D eigenvalue weighted by Gasteiger charge is -2.41. The Kier molecular flexibility index (Phi) is 6.55. The first kappa shape index (κ1) is 21.7. The molecule has 0 saturated carbocycles. The van der Waals surface area contributed by atoms with Crippen LogP contribution in [-0.2, 0) is 14.3 Å². The molecule has 3 heterocycles. The molecule has 1 aromatic carbocycles. The van der Waals surface area contributed by atoms with Crippen molar-refractivity contribution in [3.63, 3.8) is 0 Å². The van der Waals surface area contributed by atoms with E-state index in [1.165, 1.54) is 29.2 Å². The lowest BCUT2D eigenvalue weighted by molar-refractivity contribution is -0.123. The average Bonchev–Trinajstić information content (AvgIpc) is 3.09. The Labute approximate surface area is 182 Å². The Morgan fingerprint density at radius 3 is 2.16 bits per heavy atom. The summed E-state index contributed by atoms with van der Waals surface area (Å²) >= 11 is 0. The molecule has 3 aliphatic heterocycles. The molecule has 8 heteroatoms. The standard InChI is InChI=1S/C23H30FN3O4/c1-2-31-23(30)26-13-9-17(10-14-26)16-7-11-25(12-8-16)20-15-21(28)27(22(20)29)19-5-3-18(24)4-6-19/h3-6,16-17,20H,2,7-15H2,1H3. The molecule has 168 valence electrons. The maximum absolute atomic E-state index is 13.2. The van der Waals surface area contributed by atoms with E-state index in [2.05, 4.69) is 4.90 Å². The molecule has 1 unspecified atom stereocenters. The summed E-state index contributed by atoms with van der Waals surface area (Å²) in [6.45, 7) is 5.30. The number of anilines is 1. The number of hydrogen-bond donors (Lipinski definition) is 0. The number of piperidine rings is 2. The highest BCUT2D eigenvalue weighted by molar-refractivity contribution is 6.22. The fourth-order valence-corrected chi connectivity index (χ4v) is 5.23. The van der Waals surface area contributed by atoms with E-state index in [0.29, 0.717) is 24.1 Å². The second kappa shape index (κ2) is 9.34. The third-order valence-corrected chi connectivity index (χ3v) is 6.95. The molecule has 31 heavy (non-hydrogen) atoms. The fraction of sp³-hybridized carbons (Fsp3) is 0.609. The van der Waals surface area contributed by atoms with Gasteiger partial charge in [-0.25, -0.2) is 14.1 Å². The van der Waals surface area contributed by atoms with Gasteiger partial charge in [-0.05, 0) is 81.8 Å². The average molecular weight is 432 g/mol. The van der Waals surface area contributed by atoms with Crippen LogP contribution in [0.3, 0.4) is 0 Å². The normalized spacial score (nSPS) is 24.1. The van der Waals surface area contributed by atoms with Crippen LogP contribution in [0.4, 0.5) is 14.9 Å². The maximum atomic E-state index is 13.2. The van der Waals surface area contributed by atoms with Crippen molar-refractivity contribution < 1.29 is 23.5 Å². The number of hydrogen-bond acceptors (Lipinski definition) is 5. The number of nitrogens with zero attached hydrogens (tertiary/aromatic N) is 3. The quantitative estimate of drug-likeness (QED) is 0.686. The van der Waals surface area contributed by atoms with Crippen molar-refractivity contribution in [1.82, 2.24) is 9.80 Å². The third-order valence-electron chi connectivity index (χ3n) is 6.95. The predicted molar refractivity (Wildman–Crippen MR) is 113 cm³/mol. The molecule has 3 fully saturated rings. The summed E-state index contributed by atoms with van der Waals surface area (Å²) in [5.74, 6) is 0.341. The van der Waals surface area contributed by atoms with Crippen LogP contribution in [0.2, 0.25) is 0 Å². The first-order valence-corrected chi connectivity index (χ1v) is 11.3. The second-order valence-electron chi connectivity index (χ2n) is 8.66. The number of rotatable bonds is 4. The minimum absolute atomic E-state index is 0.179. The summed E-state index contributed by atoms with van der Waals surface area (Å²) in [7, 11) is 0. The van der Waals surface area contributed by atoms with E-state index in [9.17, 15) is 18.8 Å². The number of ether oxygens (including phenoxy) is 1. The zero-order valence-electron chi connectivity index (χ0n) is 18.0. The van der Waals surface area contributed by atoms with Crippen molar-refractivity contribution >= 4 is 23.6 Å². The SMILES string of the molecule is CCOC(=O)N1CCC(C2CCN(C3CC(=O)N(c4ccc(F)cc4)C3=O)CC2)CC1.